The van der Waals surface area contributed by atoms with E-state index in [2.05, 4.69) is 6.92 Å². The quantitative estimate of drug-likeness (QED) is 0.330. The van der Waals surface area contributed by atoms with Gasteiger partial charge < -0.3 is 0 Å². The van der Waals surface area contributed by atoms with E-state index in [1.54, 1.807) is 0 Å². The van der Waals surface area contributed by atoms with Crippen molar-refractivity contribution < 1.29 is 9.18 Å². The Bertz CT molecular complexity index is 130. The van der Waals surface area contributed by atoms with Crippen molar-refractivity contribution in [3.63, 3.8) is 0 Å². The Kier molecular flexibility index (Phi) is 7.00. The standard InChI is InChI=1S/C9H15FO/c1-2-3-4-5-6-7-9(10)8-11/h7-8H,2-6H2,1H3/b9-7-. The van der Waals surface area contributed by atoms with Gasteiger partial charge in [0.15, 0.2) is 12.1 Å². The third kappa shape index (κ3) is 7.23. The lowest BCUT2D eigenvalue weighted by Crippen LogP contribution is -1.77. The van der Waals surface area contributed by atoms with E-state index in [0.29, 0.717) is 6.42 Å². The molecule has 0 aliphatic heterocycles. The Morgan fingerprint density at radius 1 is 1.36 bits per heavy atom. The molecule has 0 aliphatic carbocycles. The maximum atomic E-state index is 12.1. The highest BCUT2D eigenvalue weighted by atomic mass is 19.1. The number of hydrogen-bond donors (Lipinski definition) is 0. The second-order valence-corrected chi connectivity index (χ2v) is 2.56. The Labute approximate surface area is 67.3 Å². The first-order chi connectivity index (χ1) is 5.31. The van der Waals surface area contributed by atoms with Crippen LogP contribution in [0.4, 0.5) is 4.39 Å². The van der Waals surface area contributed by atoms with Gasteiger partial charge in [-0.2, -0.15) is 0 Å². The first-order valence-electron chi connectivity index (χ1n) is 4.12. The number of carbonyl (C=O) groups excluding carboxylic acids is 1. The summed E-state index contributed by atoms with van der Waals surface area (Å²) in [4.78, 5) is 9.78. The summed E-state index contributed by atoms with van der Waals surface area (Å²) < 4.78 is 12.1. The average Bonchev–Trinajstić information content (AvgIpc) is 2.04. The number of halogens is 1. The van der Waals surface area contributed by atoms with E-state index in [0.717, 1.165) is 12.8 Å². The molecule has 11 heavy (non-hydrogen) atoms. The van der Waals surface area contributed by atoms with Crippen LogP contribution in [0.2, 0.25) is 0 Å². The summed E-state index contributed by atoms with van der Waals surface area (Å²) in [6.45, 7) is 2.13. The zero-order valence-electron chi connectivity index (χ0n) is 6.98. The Morgan fingerprint density at radius 2 is 2.09 bits per heavy atom. The summed E-state index contributed by atoms with van der Waals surface area (Å²) in [5.74, 6) is -0.638. The second kappa shape index (κ2) is 7.45. The smallest absolute Gasteiger partial charge is 0.178 e. The molecule has 0 spiro atoms. The van der Waals surface area contributed by atoms with Gasteiger partial charge in [0.1, 0.15) is 0 Å². The van der Waals surface area contributed by atoms with E-state index in [-0.39, 0.29) is 6.29 Å². The van der Waals surface area contributed by atoms with Gasteiger partial charge in [-0.05, 0) is 18.9 Å². The predicted octanol–water partition coefficient (Wildman–Crippen LogP) is 3.01. The van der Waals surface area contributed by atoms with Crippen molar-refractivity contribution >= 4 is 6.29 Å². The van der Waals surface area contributed by atoms with Gasteiger partial charge >= 0.3 is 0 Å². The van der Waals surface area contributed by atoms with Crippen molar-refractivity contribution in [1.82, 2.24) is 0 Å². The molecule has 0 rings (SSSR count). The molecule has 0 unspecified atom stereocenters. The van der Waals surface area contributed by atoms with E-state index in [9.17, 15) is 9.18 Å². The van der Waals surface area contributed by atoms with Gasteiger partial charge in [0.25, 0.3) is 0 Å². The molecule has 0 aromatic carbocycles. The maximum absolute atomic E-state index is 12.1. The molecular weight excluding hydrogens is 143 g/mol. The molecule has 64 valence electrons. The molecule has 0 aromatic heterocycles. The Morgan fingerprint density at radius 3 is 2.64 bits per heavy atom. The van der Waals surface area contributed by atoms with E-state index < -0.39 is 5.83 Å². The highest BCUT2D eigenvalue weighted by Gasteiger charge is 1.89. The molecule has 0 aliphatic rings. The number of allylic oxidation sites excluding steroid dienone is 2. The fraction of sp³-hybridized carbons (Fsp3) is 0.667. The van der Waals surface area contributed by atoms with Crippen LogP contribution in [0.5, 0.6) is 0 Å². The molecule has 0 amide bonds. The summed E-state index contributed by atoms with van der Waals surface area (Å²) >= 11 is 0. The monoisotopic (exact) mass is 158 g/mol. The molecule has 0 N–H and O–H groups in total. The van der Waals surface area contributed by atoms with Gasteiger partial charge in [0.05, 0.1) is 0 Å². The molecule has 0 fully saturated rings. The predicted molar refractivity (Wildman–Crippen MR) is 44.0 cm³/mol. The summed E-state index contributed by atoms with van der Waals surface area (Å²) in [5.41, 5.74) is 0. The number of rotatable bonds is 6. The summed E-state index contributed by atoms with van der Waals surface area (Å²) in [6, 6.07) is 0. The van der Waals surface area contributed by atoms with Crippen LogP contribution in [-0.4, -0.2) is 6.29 Å². The van der Waals surface area contributed by atoms with E-state index >= 15 is 0 Å². The first kappa shape index (κ1) is 10.3. The topological polar surface area (TPSA) is 17.1 Å². The fourth-order valence-electron chi connectivity index (χ4n) is 0.859. The minimum absolute atomic E-state index is 0.250. The fourth-order valence-corrected chi connectivity index (χ4v) is 0.859. The molecule has 0 bridgehead atoms. The number of carbonyl (C=O) groups is 1. The van der Waals surface area contributed by atoms with Crippen LogP contribution in [0, 0.1) is 0 Å². The number of hydrogen-bond acceptors (Lipinski definition) is 1. The molecule has 0 heterocycles. The third-order valence-electron chi connectivity index (χ3n) is 1.51. The second-order valence-electron chi connectivity index (χ2n) is 2.56. The minimum atomic E-state index is -0.638. The van der Waals surface area contributed by atoms with Gasteiger partial charge in [-0.25, -0.2) is 4.39 Å². The zero-order valence-corrected chi connectivity index (χ0v) is 6.98. The largest absolute Gasteiger partial charge is 0.295 e. The van der Waals surface area contributed by atoms with Gasteiger partial charge in [0, 0.05) is 0 Å². The van der Waals surface area contributed by atoms with E-state index in [4.69, 9.17) is 0 Å². The van der Waals surface area contributed by atoms with Crippen LogP contribution in [-0.2, 0) is 4.79 Å². The highest BCUT2D eigenvalue weighted by Crippen LogP contribution is 2.04. The summed E-state index contributed by atoms with van der Waals surface area (Å²) in [7, 11) is 0. The van der Waals surface area contributed by atoms with Crippen LogP contribution in [0.1, 0.15) is 39.0 Å². The molecule has 2 heteroatoms. The lowest BCUT2D eigenvalue weighted by molar-refractivity contribution is -0.106. The van der Waals surface area contributed by atoms with E-state index in [1.165, 1.54) is 18.9 Å². The van der Waals surface area contributed by atoms with Gasteiger partial charge in [0.2, 0.25) is 0 Å². The lowest BCUT2D eigenvalue weighted by atomic mass is 10.1. The van der Waals surface area contributed by atoms with Crippen molar-refractivity contribution in [2.24, 2.45) is 0 Å². The normalized spacial score (nSPS) is 11.6. The van der Waals surface area contributed by atoms with Crippen molar-refractivity contribution in [1.29, 1.82) is 0 Å². The van der Waals surface area contributed by atoms with Crippen LogP contribution >= 0.6 is 0 Å². The molecule has 0 radical (unpaired) electrons. The van der Waals surface area contributed by atoms with Crippen molar-refractivity contribution in [3.05, 3.63) is 11.9 Å². The number of aldehydes is 1. The zero-order chi connectivity index (χ0) is 8.53. The molecule has 0 saturated carbocycles. The lowest BCUT2D eigenvalue weighted by Gasteiger charge is -1.93. The van der Waals surface area contributed by atoms with Gasteiger partial charge in [-0.15, -0.1) is 0 Å². The van der Waals surface area contributed by atoms with Crippen LogP contribution in [0.25, 0.3) is 0 Å². The van der Waals surface area contributed by atoms with Crippen LogP contribution < -0.4 is 0 Å². The van der Waals surface area contributed by atoms with Gasteiger partial charge in [-0.3, -0.25) is 4.79 Å². The Hall–Kier alpha value is -0.660. The third-order valence-corrected chi connectivity index (χ3v) is 1.51. The first-order valence-corrected chi connectivity index (χ1v) is 4.12. The average molecular weight is 158 g/mol. The maximum Gasteiger partial charge on any atom is 0.178 e. The molecule has 0 aromatic rings. The van der Waals surface area contributed by atoms with Crippen LogP contribution in [0.3, 0.4) is 0 Å². The molecule has 0 saturated heterocycles. The summed E-state index contributed by atoms with van der Waals surface area (Å²) in [6.07, 6.45) is 6.76. The van der Waals surface area contributed by atoms with Crippen molar-refractivity contribution in [2.75, 3.05) is 0 Å². The molecule has 0 atom stereocenters. The summed E-state index contributed by atoms with van der Waals surface area (Å²) in [5, 5.41) is 0. The highest BCUT2D eigenvalue weighted by molar-refractivity contribution is 5.69. The van der Waals surface area contributed by atoms with Crippen LogP contribution in [0.15, 0.2) is 11.9 Å². The molecule has 1 nitrogen and oxygen atoms in total. The molecular formula is C9H15FO. The van der Waals surface area contributed by atoms with Gasteiger partial charge in [-0.1, -0.05) is 26.2 Å². The van der Waals surface area contributed by atoms with E-state index in [1.807, 2.05) is 0 Å². The minimum Gasteiger partial charge on any atom is -0.295 e. The van der Waals surface area contributed by atoms with Crippen molar-refractivity contribution in [2.45, 2.75) is 39.0 Å². The Balaban J connectivity index is 3.19. The van der Waals surface area contributed by atoms with Crippen molar-refractivity contribution in [3.8, 4) is 0 Å². The SMILES string of the molecule is CCCCCC/C=C(\F)C=O. The number of unbranched alkanes of at least 4 members (excludes halogenated alkanes) is 4.